The number of nitrogens with zero attached hydrogens (tertiary/aromatic N) is 6. The van der Waals surface area contributed by atoms with Gasteiger partial charge in [0.1, 0.15) is 5.65 Å². The fraction of sp³-hybridized carbons (Fsp3) is 0.292. The lowest BCUT2D eigenvalue weighted by atomic mass is 10.1. The van der Waals surface area contributed by atoms with Crippen molar-refractivity contribution in [2.45, 2.75) is 19.5 Å². The predicted molar refractivity (Wildman–Crippen MR) is 118 cm³/mol. The van der Waals surface area contributed by atoms with Gasteiger partial charge in [0, 0.05) is 56.0 Å². The Morgan fingerprint density at radius 2 is 1.80 bits per heavy atom. The number of hydrogen-bond donors (Lipinski definition) is 0. The van der Waals surface area contributed by atoms with Crippen LogP contribution in [0.1, 0.15) is 23.1 Å². The lowest BCUT2D eigenvalue weighted by Gasteiger charge is -2.38. The van der Waals surface area contributed by atoms with Gasteiger partial charge in [-0.2, -0.15) is 0 Å². The highest BCUT2D eigenvalue weighted by atomic mass is 15.3. The average molecular weight is 399 g/mol. The van der Waals surface area contributed by atoms with Gasteiger partial charge in [-0.05, 0) is 50.4 Å². The molecular weight excluding hydrogens is 372 g/mol. The van der Waals surface area contributed by atoms with E-state index in [1.165, 1.54) is 0 Å². The van der Waals surface area contributed by atoms with Crippen LogP contribution in [0.2, 0.25) is 0 Å². The summed E-state index contributed by atoms with van der Waals surface area (Å²) in [4.78, 5) is 18.7. The monoisotopic (exact) mass is 398 g/mol. The lowest BCUT2D eigenvalue weighted by molar-refractivity contribution is 0.0876. The first-order chi connectivity index (χ1) is 14.7. The number of imidazole rings is 1. The van der Waals surface area contributed by atoms with Crippen LogP contribution in [-0.2, 0) is 6.54 Å². The highest BCUT2D eigenvalue weighted by Crippen LogP contribution is 2.27. The number of hydrogen-bond acceptors (Lipinski definition) is 5. The molecule has 6 nitrogen and oxygen atoms in total. The zero-order valence-corrected chi connectivity index (χ0v) is 17.4. The number of fused-ring (bicyclic) bond motifs is 1. The highest BCUT2D eigenvalue weighted by molar-refractivity contribution is 5.63. The topological polar surface area (TPSA) is 49.6 Å². The van der Waals surface area contributed by atoms with Crippen molar-refractivity contribution in [3.8, 4) is 11.3 Å². The maximum atomic E-state index is 4.99. The lowest BCUT2D eigenvalue weighted by Crippen LogP contribution is -2.46. The summed E-state index contributed by atoms with van der Waals surface area (Å²) in [6.07, 6.45) is 5.86. The molecule has 0 N–H and O–H groups in total. The molecule has 0 bridgehead atoms. The molecule has 0 amide bonds. The third-order valence-corrected chi connectivity index (χ3v) is 5.89. The van der Waals surface area contributed by atoms with Crippen molar-refractivity contribution in [2.24, 2.45) is 0 Å². The molecule has 5 heterocycles. The summed E-state index contributed by atoms with van der Waals surface area (Å²) >= 11 is 0. The summed E-state index contributed by atoms with van der Waals surface area (Å²) in [6, 6.07) is 16.9. The molecule has 4 aromatic heterocycles. The second-order valence-electron chi connectivity index (χ2n) is 8.04. The van der Waals surface area contributed by atoms with Crippen LogP contribution in [0.3, 0.4) is 0 Å². The van der Waals surface area contributed by atoms with Crippen molar-refractivity contribution < 1.29 is 0 Å². The summed E-state index contributed by atoms with van der Waals surface area (Å²) < 4.78 is 2.19. The molecule has 1 saturated heterocycles. The first kappa shape index (κ1) is 18.9. The van der Waals surface area contributed by atoms with Gasteiger partial charge in [-0.25, -0.2) is 4.98 Å². The minimum atomic E-state index is 0.258. The van der Waals surface area contributed by atoms with Crippen molar-refractivity contribution in [1.29, 1.82) is 0 Å². The third-order valence-electron chi connectivity index (χ3n) is 5.89. The first-order valence-electron chi connectivity index (χ1n) is 10.4. The van der Waals surface area contributed by atoms with E-state index in [-0.39, 0.29) is 6.04 Å². The van der Waals surface area contributed by atoms with Crippen LogP contribution in [-0.4, -0.2) is 55.8 Å². The van der Waals surface area contributed by atoms with E-state index in [0.29, 0.717) is 0 Å². The molecule has 6 heteroatoms. The maximum absolute atomic E-state index is 4.99. The minimum Gasteiger partial charge on any atom is -0.299 e. The molecule has 0 aliphatic carbocycles. The number of aromatic nitrogens is 4. The largest absolute Gasteiger partial charge is 0.299 e. The van der Waals surface area contributed by atoms with E-state index < -0.39 is 0 Å². The summed E-state index contributed by atoms with van der Waals surface area (Å²) in [5.74, 6) is 0. The quantitative estimate of drug-likeness (QED) is 0.526. The molecule has 0 unspecified atom stereocenters. The molecule has 0 saturated carbocycles. The molecule has 1 fully saturated rings. The van der Waals surface area contributed by atoms with Gasteiger partial charge in [0.05, 0.1) is 23.1 Å². The summed E-state index contributed by atoms with van der Waals surface area (Å²) in [5.41, 5.74) is 6.57. The molecular formula is C24H26N6. The number of piperazine rings is 1. The average Bonchev–Trinajstić information content (AvgIpc) is 3.20. The maximum Gasteiger partial charge on any atom is 0.137 e. The Labute approximate surface area is 176 Å². The highest BCUT2D eigenvalue weighted by Gasteiger charge is 2.28. The second-order valence-corrected chi connectivity index (χ2v) is 8.04. The summed E-state index contributed by atoms with van der Waals surface area (Å²) in [6.45, 7) is 5.93. The van der Waals surface area contributed by atoms with Gasteiger partial charge in [0.2, 0.25) is 0 Å². The van der Waals surface area contributed by atoms with Gasteiger partial charge in [0.15, 0.2) is 0 Å². The fourth-order valence-electron chi connectivity index (χ4n) is 4.26. The van der Waals surface area contributed by atoms with Crippen molar-refractivity contribution in [2.75, 3.05) is 26.7 Å². The van der Waals surface area contributed by atoms with Crippen molar-refractivity contribution in [1.82, 2.24) is 29.2 Å². The van der Waals surface area contributed by atoms with E-state index >= 15 is 0 Å². The Morgan fingerprint density at radius 1 is 0.967 bits per heavy atom. The van der Waals surface area contributed by atoms with Crippen LogP contribution < -0.4 is 0 Å². The molecule has 0 spiro atoms. The molecule has 0 radical (unpaired) electrons. The molecule has 5 rings (SSSR count). The molecule has 30 heavy (non-hydrogen) atoms. The van der Waals surface area contributed by atoms with E-state index in [9.17, 15) is 0 Å². The Balaban J connectivity index is 1.43. The number of pyridine rings is 3. The third kappa shape index (κ3) is 3.72. The van der Waals surface area contributed by atoms with E-state index in [1.54, 1.807) is 0 Å². The molecule has 1 atom stereocenters. The van der Waals surface area contributed by atoms with Crippen LogP contribution in [0.5, 0.6) is 0 Å². The zero-order valence-electron chi connectivity index (χ0n) is 17.4. The fourth-order valence-corrected chi connectivity index (χ4v) is 4.26. The second kappa shape index (κ2) is 7.97. The van der Waals surface area contributed by atoms with Crippen molar-refractivity contribution in [3.05, 3.63) is 84.2 Å². The van der Waals surface area contributed by atoms with Crippen LogP contribution >= 0.6 is 0 Å². The molecule has 152 valence electrons. The van der Waals surface area contributed by atoms with Gasteiger partial charge in [0.25, 0.3) is 0 Å². The molecule has 1 aliphatic heterocycles. The normalized spacial score (nSPS) is 18.1. The van der Waals surface area contributed by atoms with Gasteiger partial charge in [-0.15, -0.1) is 0 Å². The SMILES string of the molecule is Cc1cccc(CN2CCN(C)[C@@H](c3cn4c(-c5ccncc5)cccc4n3)C2)n1. The Kier molecular flexibility index (Phi) is 5.02. The van der Waals surface area contributed by atoms with Gasteiger partial charge in [-0.1, -0.05) is 12.1 Å². The Hall–Kier alpha value is -3.09. The van der Waals surface area contributed by atoms with Crippen LogP contribution in [0.25, 0.3) is 16.9 Å². The van der Waals surface area contributed by atoms with Gasteiger partial charge in [-0.3, -0.25) is 24.2 Å². The van der Waals surface area contributed by atoms with Crippen LogP contribution in [0.15, 0.2) is 67.1 Å². The first-order valence-corrected chi connectivity index (χ1v) is 10.4. The molecule has 4 aromatic rings. The number of likely N-dealkylation sites (N-methyl/N-ethyl adjacent to an activating group) is 1. The number of rotatable bonds is 4. The molecule has 0 aromatic carbocycles. The van der Waals surface area contributed by atoms with E-state index in [2.05, 4.69) is 67.7 Å². The van der Waals surface area contributed by atoms with Crippen LogP contribution in [0.4, 0.5) is 0 Å². The smallest absolute Gasteiger partial charge is 0.137 e. The van der Waals surface area contributed by atoms with E-state index in [1.807, 2.05) is 37.5 Å². The van der Waals surface area contributed by atoms with Crippen molar-refractivity contribution >= 4 is 5.65 Å². The van der Waals surface area contributed by atoms with Gasteiger partial charge >= 0.3 is 0 Å². The van der Waals surface area contributed by atoms with E-state index in [0.717, 1.165) is 60.2 Å². The van der Waals surface area contributed by atoms with E-state index in [4.69, 9.17) is 4.98 Å². The zero-order chi connectivity index (χ0) is 20.5. The van der Waals surface area contributed by atoms with Crippen molar-refractivity contribution in [3.63, 3.8) is 0 Å². The molecule has 1 aliphatic rings. The number of aryl methyl sites for hydroxylation is 1. The Bertz CT molecular complexity index is 1150. The summed E-state index contributed by atoms with van der Waals surface area (Å²) in [5, 5.41) is 0. The summed E-state index contributed by atoms with van der Waals surface area (Å²) in [7, 11) is 2.20. The Morgan fingerprint density at radius 3 is 2.63 bits per heavy atom. The predicted octanol–water partition coefficient (Wildman–Crippen LogP) is 3.59. The standard InChI is InChI=1S/C24H26N6/c1-18-5-3-6-20(26-18)15-29-14-13-28(2)23(17-29)21-16-30-22(7-4-8-24(30)27-21)19-9-11-25-12-10-19/h3-12,16,23H,13-15,17H2,1-2H3/t23-/m1/s1. The van der Waals surface area contributed by atoms with Crippen LogP contribution in [0, 0.1) is 6.92 Å². The van der Waals surface area contributed by atoms with Gasteiger partial charge < -0.3 is 0 Å². The minimum absolute atomic E-state index is 0.258.